The molecule has 0 saturated carbocycles. The second-order valence-electron chi connectivity index (χ2n) is 14.4. The van der Waals surface area contributed by atoms with Gasteiger partial charge in [-0.05, 0) is 112 Å². The number of thiophene rings is 1. The zero-order valence-electron chi connectivity index (χ0n) is 27.9. The molecule has 234 valence electrons. The van der Waals surface area contributed by atoms with E-state index in [0.29, 0.717) is 0 Å². The van der Waals surface area contributed by atoms with Crippen LogP contribution in [0, 0.1) is 0 Å². The van der Waals surface area contributed by atoms with Gasteiger partial charge < -0.3 is 0 Å². The summed E-state index contributed by atoms with van der Waals surface area (Å²) in [6.07, 6.45) is 0. The summed E-state index contributed by atoms with van der Waals surface area (Å²) >= 11 is 1.94. The van der Waals surface area contributed by atoms with Crippen molar-refractivity contribution in [2.75, 3.05) is 0 Å². The molecule has 1 aromatic heterocycles. The molecule has 0 saturated heterocycles. The van der Waals surface area contributed by atoms with Gasteiger partial charge in [-0.3, -0.25) is 0 Å². The molecule has 0 N–H and O–H groups in total. The quantitative estimate of drug-likeness (QED) is 0.163. The standard InChI is InChI=1S/C49H32S/c1-49(2)43-24-22-33(26-40(43)41-27-42-39-23-21-30-12-5-6-14-34(30)48(39)50-45(42)28-44(41)49)47-37-17-9-7-15-35(37)46(36-16-8-10-18-38(36)47)32-20-19-29-11-3-4-13-31(29)25-32/h3-28H,1-2H3. The highest BCUT2D eigenvalue weighted by Gasteiger charge is 2.36. The van der Waals surface area contributed by atoms with Crippen LogP contribution in [0.3, 0.4) is 0 Å². The van der Waals surface area contributed by atoms with E-state index in [2.05, 4.69) is 172 Å². The highest BCUT2D eigenvalue weighted by atomic mass is 32.1. The zero-order chi connectivity index (χ0) is 33.1. The zero-order valence-corrected chi connectivity index (χ0v) is 28.7. The molecule has 0 aliphatic heterocycles. The largest absolute Gasteiger partial charge is 0.135 e. The first-order chi connectivity index (χ1) is 24.5. The summed E-state index contributed by atoms with van der Waals surface area (Å²) in [5.41, 5.74) is 10.6. The summed E-state index contributed by atoms with van der Waals surface area (Å²) in [6.45, 7) is 4.80. The van der Waals surface area contributed by atoms with Crippen LogP contribution in [-0.2, 0) is 5.41 Å². The minimum Gasteiger partial charge on any atom is -0.135 e. The Kier molecular flexibility index (Phi) is 5.70. The number of hydrogen-bond donors (Lipinski definition) is 0. The van der Waals surface area contributed by atoms with Crippen LogP contribution in [0.2, 0.25) is 0 Å². The fraction of sp³-hybridized carbons (Fsp3) is 0.0612. The van der Waals surface area contributed by atoms with Gasteiger partial charge in [0.15, 0.2) is 0 Å². The van der Waals surface area contributed by atoms with Gasteiger partial charge in [-0.25, -0.2) is 0 Å². The normalized spacial score (nSPS) is 13.6. The lowest BCUT2D eigenvalue weighted by molar-refractivity contribution is 0.661. The van der Waals surface area contributed by atoms with Gasteiger partial charge in [0.2, 0.25) is 0 Å². The average molecular weight is 653 g/mol. The minimum absolute atomic E-state index is 0.0836. The summed E-state index contributed by atoms with van der Waals surface area (Å²) in [6, 6.07) is 59.2. The number of benzene rings is 9. The van der Waals surface area contributed by atoms with Gasteiger partial charge in [-0.1, -0.05) is 147 Å². The van der Waals surface area contributed by atoms with Crippen LogP contribution in [0.4, 0.5) is 0 Å². The van der Waals surface area contributed by atoms with Crippen molar-refractivity contribution in [1.29, 1.82) is 0 Å². The maximum Gasteiger partial charge on any atom is 0.0433 e. The monoisotopic (exact) mass is 652 g/mol. The Morgan fingerprint density at radius 3 is 1.62 bits per heavy atom. The van der Waals surface area contributed by atoms with Crippen molar-refractivity contribution in [2.45, 2.75) is 19.3 Å². The average Bonchev–Trinajstić information content (AvgIpc) is 3.64. The van der Waals surface area contributed by atoms with Gasteiger partial charge in [0.25, 0.3) is 0 Å². The summed E-state index contributed by atoms with van der Waals surface area (Å²) < 4.78 is 2.76. The van der Waals surface area contributed by atoms with Gasteiger partial charge in [-0.15, -0.1) is 11.3 Å². The number of rotatable bonds is 2. The summed E-state index contributed by atoms with van der Waals surface area (Å²) in [7, 11) is 0. The molecule has 1 aliphatic rings. The van der Waals surface area contributed by atoms with Crippen molar-refractivity contribution in [3.8, 4) is 33.4 Å². The molecule has 0 radical (unpaired) electrons. The van der Waals surface area contributed by atoms with E-state index in [1.54, 1.807) is 0 Å². The molecular weight excluding hydrogens is 621 g/mol. The SMILES string of the molecule is CC1(C)c2ccc(-c3c4ccccc4c(-c4ccc5ccccc5c4)c4ccccc34)cc2-c2cc3c(cc21)sc1c2ccccc2ccc31. The van der Waals surface area contributed by atoms with E-state index in [1.165, 1.54) is 108 Å². The molecule has 50 heavy (non-hydrogen) atoms. The predicted molar refractivity (Wildman–Crippen MR) is 218 cm³/mol. The van der Waals surface area contributed by atoms with E-state index in [4.69, 9.17) is 0 Å². The molecule has 11 rings (SSSR count). The maximum atomic E-state index is 2.49. The van der Waals surface area contributed by atoms with Crippen molar-refractivity contribution < 1.29 is 0 Å². The van der Waals surface area contributed by atoms with Crippen molar-refractivity contribution in [2.24, 2.45) is 0 Å². The molecule has 0 atom stereocenters. The Balaban J connectivity index is 1.17. The Hall–Kier alpha value is -5.76. The molecule has 10 aromatic rings. The molecule has 0 unspecified atom stereocenters. The second-order valence-corrected chi connectivity index (χ2v) is 15.5. The van der Waals surface area contributed by atoms with Crippen LogP contribution in [-0.4, -0.2) is 0 Å². The van der Waals surface area contributed by atoms with E-state index in [1.807, 2.05) is 11.3 Å². The molecule has 0 fully saturated rings. The van der Waals surface area contributed by atoms with Crippen LogP contribution in [0.15, 0.2) is 158 Å². The maximum absolute atomic E-state index is 2.49. The highest BCUT2D eigenvalue weighted by molar-refractivity contribution is 7.26. The van der Waals surface area contributed by atoms with Crippen LogP contribution in [0.25, 0.3) is 96.6 Å². The van der Waals surface area contributed by atoms with E-state index >= 15 is 0 Å². The lowest BCUT2D eigenvalue weighted by Gasteiger charge is -2.22. The fourth-order valence-electron chi connectivity index (χ4n) is 9.00. The first-order valence-electron chi connectivity index (χ1n) is 17.5. The van der Waals surface area contributed by atoms with Crippen LogP contribution in [0.1, 0.15) is 25.0 Å². The number of hydrogen-bond acceptors (Lipinski definition) is 1. The Bertz CT molecular complexity index is 3010. The molecule has 1 aliphatic carbocycles. The smallest absolute Gasteiger partial charge is 0.0433 e. The second kappa shape index (κ2) is 10.1. The lowest BCUT2D eigenvalue weighted by atomic mass is 9.81. The van der Waals surface area contributed by atoms with Crippen LogP contribution < -0.4 is 0 Å². The van der Waals surface area contributed by atoms with Crippen LogP contribution in [0.5, 0.6) is 0 Å². The molecule has 0 bridgehead atoms. The summed E-state index contributed by atoms with van der Waals surface area (Å²) in [5, 5.41) is 13.1. The van der Waals surface area contributed by atoms with E-state index in [9.17, 15) is 0 Å². The predicted octanol–water partition coefficient (Wildman–Crippen LogP) is 14.3. The molecule has 0 nitrogen and oxygen atoms in total. The highest BCUT2D eigenvalue weighted by Crippen LogP contribution is 2.54. The summed E-state index contributed by atoms with van der Waals surface area (Å²) in [4.78, 5) is 0. The van der Waals surface area contributed by atoms with Crippen LogP contribution >= 0.6 is 11.3 Å². The third-order valence-corrected chi connectivity index (χ3v) is 12.6. The molecule has 1 heteroatoms. The van der Waals surface area contributed by atoms with E-state index < -0.39 is 0 Å². The molecule has 0 amide bonds. The number of fused-ring (bicyclic) bond motifs is 11. The van der Waals surface area contributed by atoms with Gasteiger partial charge in [0, 0.05) is 25.6 Å². The van der Waals surface area contributed by atoms with Crippen molar-refractivity contribution in [3.05, 3.63) is 169 Å². The fourth-order valence-corrected chi connectivity index (χ4v) is 10.3. The first kappa shape index (κ1) is 28.1. The third kappa shape index (κ3) is 3.81. The van der Waals surface area contributed by atoms with Crippen molar-refractivity contribution in [1.82, 2.24) is 0 Å². The lowest BCUT2D eigenvalue weighted by Crippen LogP contribution is -2.14. The molecule has 0 spiro atoms. The molecule has 9 aromatic carbocycles. The van der Waals surface area contributed by atoms with Gasteiger partial charge in [0.1, 0.15) is 0 Å². The van der Waals surface area contributed by atoms with Gasteiger partial charge in [0.05, 0.1) is 0 Å². The van der Waals surface area contributed by atoms with Gasteiger partial charge in [-0.2, -0.15) is 0 Å². The Morgan fingerprint density at radius 1 is 0.380 bits per heavy atom. The van der Waals surface area contributed by atoms with E-state index in [0.717, 1.165) is 0 Å². The topological polar surface area (TPSA) is 0 Å². The molecule has 1 heterocycles. The van der Waals surface area contributed by atoms with E-state index in [-0.39, 0.29) is 5.41 Å². The third-order valence-electron chi connectivity index (χ3n) is 11.4. The van der Waals surface area contributed by atoms with Gasteiger partial charge >= 0.3 is 0 Å². The van der Waals surface area contributed by atoms with Crippen molar-refractivity contribution >= 4 is 74.6 Å². The summed E-state index contributed by atoms with van der Waals surface area (Å²) in [5.74, 6) is 0. The molecular formula is C49H32S. The first-order valence-corrected chi connectivity index (χ1v) is 18.3. The van der Waals surface area contributed by atoms with Crippen molar-refractivity contribution in [3.63, 3.8) is 0 Å². The Morgan fingerprint density at radius 2 is 0.920 bits per heavy atom. The Labute approximate surface area is 294 Å². The minimum atomic E-state index is -0.0836.